The van der Waals surface area contributed by atoms with Crippen molar-refractivity contribution >= 4 is 23.2 Å². The van der Waals surface area contributed by atoms with Gasteiger partial charge in [-0.05, 0) is 0 Å². The zero-order chi connectivity index (χ0) is 14.0. The molecule has 6 nitrogen and oxygen atoms in total. The van der Waals surface area contributed by atoms with Gasteiger partial charge >= 0.3 is 0 Å². The van der Waals surface area contributed by atoms with E-state index in [-0.39, 0.29) is 5.92 Å². The number of aromatic nitrogens is 4. The van der Waals surface area contributed by atoms with Crippen LogP contribution >= 0.6 is 11.6 Å². The Morgan fingerprint density at radius 2 is 2.00 bits per heavy atom. The maximum atomic E-state index is 5.98. The second kappa shape index (κ2) is 5.44. The number of hydrogen-bond acceptors (Lipinski definition) is 5. The molecule has 0 radical (unpaired) electrons. The van der Waals surface area contributed by atoms with Crippen LogP contribution in [0.4, 0.5) is 11.6 Å². The minimum absolute atomic E-state index is 0.206. The zero-order valence-electron chi connectivity index (χ0n) is 11.3. The summed E-state index contributed by atoms with van der Waals surface area (Å²) < 4.78 is 6.78. The molecule has 0 aliphatic carbocycles. The van der Waals surface area contributed by atoms with E-state index in [1.807, 2.05) is 13.8 Å². The van der Waals surface area contributed by atoms with Gasteiger partial charge in [0.1, 0.15) is 16.8 Å². The molecule has 0 unspecified atom stereocenters. The second-order valence-electron chi connectivity index (χ2n) is 4.41. The first kappa shape index (κ1) is 13.6. The Bertz CT molecular complexity index is 581. The molecule has 0 spiro atoms. The summed E-state index contributed by atoms with van der Waals surface area (Å²) in [6.45, 7) is 4.03. The van der Waals surface area contributed by atoms with Crippen molar-refractivity contribution in [1.29, 1.82) is 0 Å². The van der Waals surface area contributed by atoms with Crippen LogP contribution in [0, 0.1) is 0 Å². The minimum atomic E-state index is 0.206. The average Bonchev–Trinajstić information content (AvgIpc) is 2.68. The van der Waals surface area contributed by atoms with Gasteiger partial charge in [0.25, 0.3) is 0 Å². The summed E-state index contributed by atoms with van der Waals surface area (Å²) in [4.78, 5) is 8.57. The summed E-state index contributed by atoms with van der Waals surface area (Å²) in [5.74, 6) is 2.82. The normalized spacial score (nSPS) is 10.8. The number of aryl methyl sites for hydroxylation is 1. The first-order valence-corrected chi connectivity index (χ1v) is 6.27. The van der Waals surface area contributed by atoms with Gasteiger partial charge in [0.05, 0.1) is 7.11 Å². The van der Waals surface area contributed by atoms with E-state index in [1.54, 1.807) is 31.0 Å². The van der Waals surface area contributed by atoms with Crippen molar-refractivity contribution in [2.24, 2.45) is 7.05 Å². The topological polar surface area (TPSA) is 64.9 Å². The van der Waals surface area contributed by atoms with Crippen LogP contribution in [-0.2, 0) is 7.05 Å². The van der Waals surface area contributed by atoms with Crippen LogP contribution in [0.3, 0.4) is 0 Å². The third-order valence-corrected chi connectivity index (χ3v) is 2.72. The first-order valence-electron chi connectivity index (χ1n) is 5.89. The summed E-state index contributed by atoms with van der Waals surface area (Å²) in [6, 6.07) is 3.44. The van der Waals surface area contributed by atoms with Gasteiger partial charge in [0.15, 0.2) is 5.82 Å². The molecule has 0 aromatic carbocycles. The van der Waals surface area contributed by atoms with Gasteiger partial charge in [-0.1, -0.05) is 25.4 Å². The number of ether oxygens (including phenoxy) is 1. The van der Waals surface area contributed by atoms with Crippen molar-refractivity contribution in [2.75, 3.05) is 12.4 Å². The van der Waals surface area contributed by atoms with Crippen LogP contribution in [0.2, 0.25) is 5.15 Å². The molecule has 2 heterocycles. The number of rotatable bonds is 4. The monoisotopic (exact) mass is 281 g/mol. The number of hydrogen-bond donors (Lipinski definition) is 1. The van der Waals surface area contributed by atoms with Crippen LogP contribution in [-0.4, -0.2) is 26.9 Å². The molecule has 0 aliphatic rings. The molecule has 2 aromatic heterocycles. The largest absolute Gasteiger partial charge is 0.481 e. The van der Waals surface area contributed by atoms with Gasteiger partial charge in [-0.15, -0.1) is 0 Å². The molecular weight excluding hydrogens is 266 g/mol. The van der Waals surface area contributed by atoms with Crippen molar-refractivity contribution < 1.29 is 4.74 Å². The smallest absolute Gasteiger partial charge is 0.213 e. The van der Waals surface area contributed by atoms with E-state index < -0.39 is 0 Å². The fraction of sp³-hybridized carbons (Fsp3) is 0.417. The highest BCUT2D eigenvalue weighted by Crippen LogP contribution is 2.22. The average molecular weight is 282 g/mol. The summed E-state index contributed by atoms with van der Waals surface area (Å²) in [5, 5.41) is 7.75. The molecule has 0 amide bonds. The van der Waals surface area contributed by atoms with Crippen LogP contribution in [0.15, 0.2) is 12.1 Å². The van der Waals surface area contributed by atoms with Gasteiger partial charge in [0.2, 0.25) is 5.88 Å². The molecule has 0 saturated heterocycles. The van der Waals surface area contributed by atoms with Gasteiger partial charge in [-0.25, -0.2) is 14.6 Å². The van der Waals surface area contributed by atoms with Crippen LogP contribution in [0.1, 0.15) is 25.6 Å². The van der Waals surface area contributed by atoms with Crippen molar-refractivity contribution in [3.63, 3.8) is 0 Å². The fourth-order valence-corrected chi connectivity index (χ4v) is 1.78. The third kappa shape index (κ3) is 3.14. The quantitative estimate of drug-likeness (QED) is 0.873. The Hall–Kier alpha value is -1.82. The first-order chi connectivity index (χ1) is 8.99. The van der Waals surface area contributed by atoms with Crippen molar-refractivity contribution in [2.45, 2.75) is 19.8 Å². The van der Waals surface area contributed by atoms with Crippen LogP contribution in [0.5, 0.6) is 5.88 Å². The highest BCUT2D eigenvalue weighted by Gasteiger charge is 2.10. The lowest BCUT2D eigenvalue weighted by molar-refractivity contribution is 0.373. The van der Waals surface area contributed by atoms with E-state index in [1.165, 1.54) is 0 Å². The van der Waals surface area contributed by atoms with E-state index in [4.69, 9.17) is 16.3 Å². The number of anilines is 2. The number of methoxy groups -OCH3 is 1. The predicted octanol–water partition coefficient (Wildman–Crippen LogP) is 2.74. The molecule has 0 fully saturated rings. The number of nitrogens with zero attached hydrogens (tertiary/aromatic N) is 4. The standard InChI is InChI=1S/C12H16ClN5O/c1-7(2)12-14-8(13)5-9(16-12)15-10-6-11(19-4)18(3)17-10/h5-7H,1-4H3,(H,14,15,16,17). The Kier molecular flexibility index (Phi) is 3.90. The Morgan fingerprint density at radius 1 is 1.26 bits per heavy atom. The summed E-state index contributed by atoms with van der Waals surface area (Å²) in [7, 11) is 3.40. The fourth-order valence-electron chi connectivity index (χ4n) is 1.59. The van der Waals surface area contributed by atoms with Gasteiger partial charge in [-0.2, -0.15) is 5.10 Å². The Balaban J connectivity index is 2.27. The molecule has 19 heavy (non-hydrogen) atoms. The molecule has 2 aromatic rings. The molecule has 1 N–H and O–H groups in total. The lowest BCUT2D eigenvalue weighted by Gasteiger charge is -2.07. The summed E-state index contributed by atoms with van der Waals surface area (Å²) in [6.07, 6.45) is 0. The molecule has 2 rings (SSSR count). The van der Waals surface area contributed by atoms with Gasteiger partial charge in [0, 0.05) is 25.1 Å². The second-order valence-corrected chi connectivity index (χ2v) is 4.80. The van der Waals surface area contributed by atoms with E-state index in [0.29, 0.717) is 28.5 Å². The molecular formula is C12H16ClN5O. The third-order valence-electron chi connectivity index (χ3n) is 2.53. The SMILES string of the molecule is COc1cc(Nc2cc(Cl)nc(C(C)C)n2)nn1C. The lowest BCUT2D eigenvalue weighted by atomic mass is 10.2. The Morgan fingerprint density at radius 3 is 2.58 bits per heavy atom. The Labute approximate surface area is 116 Å². The highest BCUT2D eigenvalue weighted by atomic mass is 35.5. The molecule has 0 bridgehead atoms. The van der Waals surface area contributed by atoms with Gasteiger partial charge < -0.3 is 10.1 Å². The van der Waals surface area contributed by atoms with Crippen molar-refractivity contribution in [3.05, 3.63) is 23.1 Å². The van der Waals surface area contributed by atoms with Crippen molar-refractivity contribution in [3.8, 4) is 5.88 Å². The van der Waals surface area contributed by atoms with Crippen LogP contribution < -0.4 is 10.1 Å². The van der Waals surface area contributed by atoms with E-state index >= 15 is 0 Å². The maximum absolute atomic E-state index is 5.98. The molecule has 102 valence electrons. The molecule has 0 aliphatic heterocycles. The molecule has 0 saturated carbocycles. The van der Waals surface area contributed by atoms with E-state index in [2.05, 4.69) is 20.4 Å². The number of halogens is 1. The summed E-state index contributed by atoms with van der Waals surface area (Å²) >= 11 is 5.98. The predicted molar refractivity (Wildman–Crippen MR) is 74.2 cm³/mol. The van der Waals surface area contributed by atoms with Crippen LogP contribution in [0.25, 0.3) is 0 Å². The minimum Gasteiger partial charge on any atom is -0.481 e. The van der Waals surface area contributed by atoms with Gasteiger partial charge in [-0.3, -0.25) is 0 Å². The van der Waals surface area contributed by atoms with E-state index in [9.17, 15) is 0 Å². The highest BCUT2D eigenvalue weighted by molar-refractivity contribution is 6.29. The lowest BCUT2D eigenvalue weighted by Crippen LogP contribution is -2.02. The zero-order valence-corrected chi connectivity index (χ0v) is 12.1. The summed E-state index contributed by atoms with van der Waals surface area (Å²) in [5.41, 5.74) is 0. The molecule has 0 atom stereocenters. The molecule has 7 heteroatoms. The maximum Gasteiger partial charge on any atom is 0.213 e. The number of nitrogens with one attached hydrogen (secondary N) is 1. The van der Waals surface area contributed by atoms with Crippen molar-refractivity contribution in [1.82, 2.24) is 19.7 Å². The van der Waals surface area contributed by atoms with E-state index in [0.717, 1.165) is 0 Å².